The van der Waals surface area contributed by atoms with Crippen LogP contribution in [-0.2, 0) is 13.1 Å². The van der Waals surface area contributed by atoms with Crippen molar-refractivity contribution in [1.82, 2.24) is 15.6 Å². The van der Waals surface area contributed by atoms with E-state index in [0.717, 1.165) is 35.5 Å². The first-order valence-electron chi connectivity index (χ1n) is 8.16. The van der Waals surface area contributed by atoms with Crippen molar-refractivity contribution in [2.45, 2.75) is 26.9 Å². The van der Waals surface area contributed by atoms with Gasteiger partial charge in [0, 0.05) is 27.9 Å². The van der Waals surface area contributed by atoms with Crippen molar-refractivity contribution in [1.29, 1.82) is 0 Å². The van der Waals surface area contributed by atoms with Gasteiger partial charge in [-0.15, -0.1) is 11.3 Å². The number of nitrogens with zero attached hydrogens (tertiary/aromatic N) is 2. The molecule has 0 atom stereocenters. The maximum Gasteiger partial charge on any atom is 0.191 e. The topological polar surface area (TPSA) is 49.3 Å². The van der Waals surface area contributed by atoms with Crippen LogP contribution in [-0.4, -0.2) is 17.5 Å². The molecule has 0 bridgehead atoms. The van der Waals surface area contributed by atoms with Crippen molar-refractivity contribution in [3.8, 4) is 0 Å². The van der Waals surface area contributed by atoms with Gasteiger partial charge >= 0.3 is 0 Å². The third kappa shape index (κ3) is 4.11. The van der Waals surface area contributed by atoms with Gasteiger partial charge in [0.25, 0.3) is 0 Å². The molecule has 124 valence electrons. The molecule has 2 N–H and O–H groups in total. The molecule has 0 amide bonds. The Kier molecular flexibility index (Phi) is 5.43. The van der Waals surface area contributed by atoms with Gasteiger partial charge in [0.05, 0.1) is 18.6 Å². The first-order chi connectivity index (χ1) is 11.8. The summed E-state index contributed by atoms with van der Waals surface area (Å²) in [5.41, 5.74) is 2.16. The Morgan fingerprint density at radius 1 is 1.12 bits per heavy atom. The molecule has 0 unspecified atom stereocenters. The molecular weight excluding hydrogens is 316 g/mol. The van der Waals surface area contributed by atoms with Crippen molar-refractivity contribution in [3.05, 3.63) is 64.0 Å². The number of rotatable bonds is 5. The Morgan fingerprint density at radius 2 is 2.00 bits per heavy atom. The van der Waals surface area contributed by atoms with Crippen LogP contribution in [0, 0.1) is 6.92 Å². The predicted octanol–water partition coefficient (Wildman–Crippen LogP) is 3.86. The quantitative estimate of drug-likeness (QED) is 0.548. The zero-order chi connectivity index (χ0) is 16.8. The fourth-order valence-electron chi connectivity index (χ4n) is 2.55. The monoisotopic (exact) mass is 338 g/mol. The second-order valence-electron chi connectivity index (χ2n) is 5.55. The highest BCUT2D eigenvalue weighted by molar-refractivity contribution is 7.11. The lowest BCUT2D eigenvalue weighted by molar-refractivity contribution is 0.824. The molecule has 0 aliphatic heterocycles. The van der Waals surface area contributed by atoms with Gasteiger partial charge in [0.1, 0.15) is 0 Å². The van der Waals surface area contributed by atoms with Gasteiger partial charge in [0.2, 0.25) is 0 Å². The molecule has 5 heteroatoms. The van der Waals surface area contributed by atoms with E-state index in [-0.39, 0.29) is 0 Å². The highest BCUT2D eigenvalue weighted by Gasteiger charge is 2.03. The third-order valence-corrected chi connectivity index (χ3v) is 4.69. The maximum atomic E-state index is 4.71. The van der Waals surface area contributed by atoms with Gasteiger partial charge < -0.3 is 10.6 Å². The number of benzene rings is 1. The highest BCUT2D eigenvalue weighted by atomic mass is 32.1. The van der Waals surface area contributed by atoms with Crippen LogP contribution >= 0.6 is 11.3 Å². The molecule has 3 rings (SSSR count). The number of thiophene rings is 1. The van der Waals surface area contributed by atoms with E-state index in [9.17, 15) is 0 Å². The van der Waals surface area contributed by atoms with E-state index in [2.05, 4.69) is 65.9 Å². The van der Waals surface area contributed by atoms with E-state index in [1.54, 1.807) is 0 Å². The number of para-hydroxylation sites is 1. The molecule has 2 aromatic heterocycles. The summed E-state index contributed by atoms with van der Waals surface area (Å²) in [6, 6.07) is 14.6. The standard InChI is InChI=1S/C19H22N4S/c1-3-20-19(23-13-17-10-9-14(2)24-17)22-12-16-7-4-6-15-8-5-11-21-18(15)16/h4-11H,3,12-13H2,1-2H3,(H2,20,22,23). The van der Waals surface area contributed by atoms with Gasteiger partial charge in [-0.1, -0.05) is 24.3 Å². The minimum Gasteiger partial charge on any atom is -0.357 e. The van der Waals surface area contributed by atoms with Gasteiger partial charge in [-0.3, -0.25) is 4.98 Å². The van der Waals surface area contributed by atoms with Crippen LogP contribution in [0.2, 0.25) is 0 Å². The summed E-state index contributed by atoms with van der Waals surface area (Å²) in [4.78, 5) is 11.8. The number of guanidine groups is 1. The Labute approximate surface area is 146 Å². The molecule has 0 saturated heterocycles. The minimum absolute atomic E-state index is 0.604. The maximum absolute atomic E-state index is 4.71. The lowest BCUT2D eigenvalue weighted by Gasteiger charge is -2.11. The van der Waals surface area contributed by atoms with Gasteiger partial charge in [-0.05, 0) is 37.6 Å². The van der Waals surface area contributed by atoms with Crippen LogP contribution < -0.4 is 10.6 Å². The average molecular weight is 338 g/mol. The largest absolute Gasteiger partial charge is 0.357 e. The number of hydrogen-bond donors (Lipinski definition) is 2. The summed E-state index contributed by atoms with van der Waals surface area (Å²) in [7, 11) is 0. The molecule has 0 saturated carbocycles. The Bertz CT molecular complexity index is 833. The molecule has 24 heavy (non-hydrogen) atoms. The molecular formula is C19H22N4S. The van der Waals surface area contributed by atoms with E-state index in [1.165, 1.54) is 9.75 Å². The first-order valence-corrected chi connectivity index (χ1v) is 8.98. The number of hydrogen-bond acceptors (Lipinski definition) is 3. The van der Waals surface area contributed by atoms with E-state index >= 15 is 0 Å². The SMILES string of the molecule is CCNC(=NCc1cccc2cccnc12)NCc1ccc(C)s1. The second kappa shape index (κ2) is 7.93. The van der Waals surface area contributed by atoms with Crippen LogP contribution in [0.1, 0.15) is 22.2 Å². The number of nitrogens with one attached hydrogen (secondary N) is 2. The van der Waals surface area contributed by atoms with Gasteiger partial charge in [-0.25, -0.2) is 4.99 Å². The van der Waals surface area contributed by atoms with Crippen LogP contribution in [0.4, 0.5) is 0 Å². The van der Waals surface area contributed by atoms with Gasteiger partial charge in [-0.2, -0.15) is 0 Å². The average Bonchev–Trinajstić information content (AvgIpc) is 3.03. The van der Waals surface area contributed by atoms with Crippen molar-refractivity contribution >= 4 is 28.2 Å². The highest BCUT2D eigenvalue weighted by Crippen LogP contribution is 2.17. The van der Waals surface area contributed by atoms with Gasteiger partial charge in [0.15, 0.2) is 5.96 Å². The predicted molar refractivity (Wildman–Crippen MR) is 102 cm³/mol. The van der Waals surface area contributed by atoms with E-state index < -0.39 is 0 Å². The normalized spacial score (nSPS) is 11.7. The molecule has 1 aromatic carbocycles. The van der Waals surface area contributed by atoms with Crippen molar-refractivity contribution in [2.24, 2.45) is 4.99 Å². The molecule has 0 radical (unpaired) electrons. The number of aliphatic imine (C=N–C) groups is 1. The lowest BCUT2D eigenvalue weighted by atomic mass is 10.1. The van der Waals surface area contributed by atoms with Crippen molar-refractivity contribution in [3.63, 3.8) is 0 Å². The van der Waals surface area contributed by atoms with E-state index in [4.69, 9.17) is 4.99 Å². The molecule has 2 heterocycles. The fraction of sp³-hybridized carbons (Fsp3) is 0.263. The summed E-state index contributed by atoms with van der Waals surface area (Å²) in [6.45, 7) is 6.43. The Morgan fingerprint density at radius 3 is 2.79 bits per heavy atom. The number of aryl methyl sites for hydroxylation is 1. The lowest BCUT2D eigenvalue weighted by Crippen LogP contribution is -2.36. The number of aromatic nitrogens is 1. The van der Waals surface area contributed by atoms with Crippen molar-refractivity contribution < 1.29 is 0 Å². The molecule has 0 aliphatic carbocycles. The summed E-state index contributed by atoms with van der Waals surface area (Å²) in [5, 5.41) is 7.85. The fourth-order valence-corrected chi connectivity index (χ4v) is 3.38. The van der Waals surface area contributed by atoms with E-state index in [0.29, 0.717) is 6.54 Å². The molecule has 4 nitrogen and oxygen atoms in total. The molecule has 0 spiro atoms. The first kappa shape index (κ1) is 16.5. The van der Waals surface area contributed by atoms with Crippen LogP contribution in [0.5, 0.6) is 0 Å². The summed E-state index contributed by atoms with van der Waals surface area (Å²) in [6.07, 6.45) is 1.83. The summed E-state index contributed by atoms with van der Waals surface area (Å²) < 4.78 is 0. The second-order valence-corrected chi connectivity index (χ2v) is 6.93. The van der Waals surface area contributed by atoms with Crippen LogP contribution in [0.25, 0.3) is 10.9 Å². The third-order valence-electron chi connectivity index (χ3n) is 3.69. The number of pyridine rings is 1. The van der Waals surface area contributed by atoms with Crippen LogP contribution in [0.15, 0.2) is 53.7 Å². The smallest absolute Gasteiger partial charge is 0.191 e. The summed E-state index contributed by atoms with van der Waals surface area (Å²) >= 11 is 1.81. The van der Waals surface area contributed by atoms with Crippen molar-refractivity contribution in [2.75, 3.05) is 6.54 Å². The Balaban J connectivity index is 1.72. The zero-order valence-electron chi connectivity index (χ0n) is 14.0. The summed E-state index contributed by atoms with van der Waals surface area (Å²) in [5.74, 6) is 0.830. The van der Waals surface area contributed by atoms with E-state index in [1.807, 2.05) is 23.6 Å². The molecule has 3 aromatic rings. The molecule has 0 fully saturated rings. The van der Waals surface area contributed by atoms with Crippen LogP contribution in [0.3, 0.4) is 0 Å². The minimum atomic E-state index is 0.604. The molecule has 0 aliphatic rings. The number of fused-ring (bicyclic) bond motifs is 1. The zero-order valence-corrected chi connectivity index (χ0v) is 14.9. The Hall–Kier alpha value is -2.40.